The van der Waals surface area contributed by atoms with E-state index in [0.717, 1.165) is 13.1 Å². The van der Waals surface area contributed by atoms with Gasteiger partial charge in [0.2, 0.25) is 0 Å². The first-order valence-electron chi connectivity index (χ1n) is 5.05. The van der Waals surface area contributed by atoms with Crippen LogP contribution in [0.1, 0.15) is 37.9 Å². The quantitative estimate of drug-likeness (QED) is 0.762. The number of rotatable bonds is 3. The Morgan fingerprint density at radius 3 is 3.00 bits per heavy atom. The lowest BCUT2D eigenvalue weighted by atomic mass is 10.0. The highest BCUT2D eigenvalue weighted by atomic mass is 15.2. The Kier molecular flexibility index (Phi) is 2.36. The first kappa shape index (κ1) is 8.75. The Balaban J connectivity index is 2.19. The van der Waals surface area contributed by atoms with Crippen molar-refractivity contribution in [2.75, 3.05) is 13.1 Å². The van der Waals surface area contributed by atoms with Gasteiger partial charge in [-0.15, -0.1) is 0 Å². The van der Waals surface area contributed by atoms with E-state index in [1.807, 2.05) is 12.5 Å². The van der Waals surface area contributed by atoms with Crippen molar-refractivity contribution in [1.29, 1.82) is 0 Å². The minimum Gasteiger partial charge on any atom is -0.329 e. The van der Waals surface area contributed by atoms with Gasteiger partial charge in [-0.1, -0.05) is 13.8 Å². The Bertz CT molecular complexity index is 256. The fourth-order valence-corrected chi connectivity index (χ4v) is 1.68. The molecule has 13 heavy (non-hydrogen) atoms. The Morgan fingerprint density at radius 2 is 2.46 bits per heavy atom. The highest BCUT2D eigenvalue weighted by Gasteiger charge is 2.21. The lowest BCUT2D eigenvalue weighted by Crippen LogP contribution is -2.43. The van der Waals surface area contributed by atoms with Crippen LogP contribution < -0.4 is 5.32 Å². The Hall–Kier alpha value is -0.830. The summed E-state index contributed by atoms with van der Waals surface area (Å²) in [5.74, 6) is 0.628. The van der Waals surface area contributed by atoms with E-state index in [1.165, 1.54) is 12.1 Å². The molecule has 0 bridgehead atoms. The molecule has 1 atom stereocenters. The van der Waals surface area contributed by atoms with Crippen LogP contribution in [0.5, 0.6) is 0 Å². The van der Waals surface area contributed by atoms with Crippen LogP contribution >= 0.6 is 0 Å². The van der Waals surface area contributed by atoms with Crippen LogP contribution in [0.3, 0.4) is 0 Å². The molecule has 1 N–H and O–H groups in total. The van der Waals surface area contributed by atoms with Crippen molar-refractivity contribution in [3.63, 3.8) is 0 Å². The third-order valence-corrected chi connectivity index (χ3v) is 2.97. The summed E-state index contributed by atoms with van der Waals surface area (Å²) in [4.78, 5) is 4.23. The van der Waals surface area contributed by atoms with Gasteiger partial charge in [0.25, 0.3) is 0 Å². The molecular weight excluding hydrogens is 162 g/mol. The zero-order valence-electron chi connectivity index (χ0n) is 8.33. The normalized spacial score (nSPS) is 19.8. The predicted octanol–water partition coefficient (Wildman–Crippen LogP) is 1.54. The smallest absolute Gasteiger partial charge is 0.0951 e. The first-order chi connectivity index (χ1) is 6.33. The molecule has 1 unspecified atom stereocenters. The van der Waals surface area contributed by atoms with Crippen LogP contribution in [0.4, 0.5) is 0 Å². The average Bonchev–Trinajstić information content (AvgIpc) is 2.49. The van der Waals surface area contributed by atoms with Crippen LogP contribution in [0.25, 0.3) is 0 Å². The van der Waals surface area contributed by atoms with Crippen LogP contribution in [-0.4, -0.2) is 22.6 Å². The van der Waals surface area contributed by atoms with E-state index in [0.29, 0.717) is 12.0 Å². The molecule has 72 valence electrons. The number of nitrogens with one attached hydrogen (secondary N) is 1. The third kappa shape index (κ3) is 1.48. The van der Waals surface area contributed by atoms with E-state index in [1.54, 1.807) is 0 Å². The van der Waals surface area contributed by atoms with Crippen LogP contribution in [-0.2, 0) is 0 Å². The number of imidazole rings is 1. The van der Waals surface area contributed by atoms with Crippen molar-refractivity contribution in [2.24, 2.45) is 0 Å². The van der Waals surface area contributed by atoms with E-state index >= 15 is 0 Å². The van der Waals surface area contributed by atoms with Gasteiger partial charge in [0.15, 0.2) is 0 Å². The molecule has 0 aromatic carbocycles. The molecule has 1 aromatic rings. The molecule has 0 saturated carbocycles. The second kappa shape index (κ2) is 3.50. The molecular formula is C10H17N3. The SMILES string of the molecule is CCC(C)c1cncn1C1CNC1. The molecule has 0 amide bonds. The molecule has 0 aliphatic carbocycles. The molecule has 1 aliphatic rings. The van der Waals surface area contributed by atoms with Crippen molar-refractivity contribution in [3.8, 4) is 0 Å². The zero-order chi connectivity index (χ0) is 9.26. The summed E-state index contributed by atoms with van der Waals surface area (Å²) in [6.07, 6.45) is 5.16. The highest BCUT2D eigenvalue weighted by Crippen LogP contribution is 2.22. The standard InChI is InChI=1S/C10H17N3/c1-3-8(2)10-6-12-7-13(10)9-4-11-5-9/h6-9,11H,3-5H2,1-2H3. The first-order valence-corrected chi connectivity index (χ1v) is 5.05. The number of aromatic nitrogens is 2. The molecule has 2 rings (SSSR count). The average molecular weight is 179 g/mol. The van der Waals surface area contributed by atoms with Gasteiger partial charge in [0.05, 0.1) is 12.4 Å². The van der Waals surface area contributed by atoms with Crippen molar-refractivity contribution < 1.29 is 0 Å². The van der Waals surface area contributed by atoms with Gasteiger partial charge in [0, 0.05) is 25.0 Å². The molecule has 0 radical (unpaired) electrons. The molecule has 1 fully saturated rings. The molecule has 3 nitrogen and oxygen atoms in total. The van der Waals surface area contributed by atoms with Gasteiger partial charge in [-0.25, -0.2) is 4.98 Å². The number of nitrogens with zero attached hydrogens (tertiary/aromatic N) is 2. The minimum absolute atomic E-state index is 0.628. The maximum absolute atomic E-state index is 4.23. The maximum atomic E-state index is 4.23. The van der Waals surface area contributed by atoms with Crippen molar-refractivity contribution in [2.45, 2.75) is 32.2 Å². The maximum Gasteiger partial charge on any atom is 0.0951 e. The summed E-state index contributed by atoms with van der Waals surface area (Å²) in [7, 11) is 0. The van der Waals surface area contributed by atoms with Crippen molar-refractivity contribution >= 4 is 0 Å². The summed E-state index contributed by atoms with van der Waals surface area (Å²) < 4.78 is 2.32. The van der Waals surface area contributed by atoms with Crippen LogP contribution in [0.2, 0.25) is 0 Å². The highest BCUT2D eigenvalue weighted by molar-refractivity contribution is 5.08. The fourth-order valence-electron chi connectivity index (χ4n) is 1.68. The predicted molar refractivity (Wildman–Crippen MR) is 52.8 cm³/mol. The summed E-state index contributed by atoms with van der Waals surface area (Å²) >= 11 is 0. The van der Waals surface area contributed by atoms with E-state index in [-0.39, 0.29) is 0 Å². The Labute approximate surface area is 79.2 Å². The molecule has 1 aromatic heterocycles. The number of hydrogen-bond donors (Lipinski definition) is 1. The molecule has 1 saturated heterocycles. The molecule has 1 aliphatic heterocycles. The summed E-state index contributed by atoms with van der Waals surface area (Å²) in [5.41, 5.74) is 1.38. The molecule has 3 heteroatoms. The van der Waals surface area contributed by atoms with Gasteiger partial charge >= 0.3 is 0 Å². The van der Waals surface area contributed by atoms with Crippen molar-refractivity contribution in [1.82, 2.24) is 14.9 Å². The molecule has 2 heterocycles. The molecule has 0 spiro atoms. The van der Waals surface area contributed by atoms with E-state index < -0.39 is 0 Å². The summed E-state index contributed by atoms with van der Waals surface area (Å²) in [6, 6.07) is 0.645. The number of hydrogen-bond acceptors (Lipinski definition) is 2. The second-order valence-corrected chi connectivity index (χ2v) is 3.85. The summed E-state index contributed by atoms with van der Waals surface area (Å²) in [6.45, 7) is 6.68. The summed E-state index contributed by atoms with van der Waals surface area (Å²) in [5, 5.41) is 3.29. The van der Waals surface area contributed by atoms with Gasteiger partial charge in [-0.2, -0.15) is 0 Å². The fraction of sp³-hybridized carbons (Fsp3) is 0.700. The largest absolute Gasteiger partial charge is 0.329 e. The second-order valence-electron chi connectivity index (χ2n) is 3.85. The minimum atomic E-state index is 0.628. The van der Waals surface area contributed by atoms with Gasteiger partial charge in [-0.3, -0.25) is 0 Å². The topological polar surface area (TPSA) is 29.9 Å². The third-order valence-electron chi connectivity index (χ3n) is 2.97. The lowest BCUT2D eigenvalue weighted by molar-refractivity contribution is 0.332. The monoisotopic (exact) mass is 179 g/mol. The van der Waals surface area contributed by atoms with E-state index in [4.69, 9.17) is 0 Å². The van der Waals surface area contributed by atoms with Gasteiger partial charge in [0.1, 0.15) is 0 Å². The van der Waals surface area contributed by atoms with E-state index in [9.17, 15) is 0 Å². The Morgan fingerprint density at radius 1 is 1.69 bits per heavy atom. The van der Waals surface area contributed by atoms with Crippen LogP contribution in [0, 0.1) is 0 Å². The lowest BCUT2D eigenvalue weighted by Gasteiger charge is -2.30. The van der Waals surface area contributed by atoms with Gasteiger partial charge < -0.3 is 9.88 Å². The van der Waals surface area contributed by atoms with Gasteiger partial charge in [-0.05, 0) is 12.3 Å². The van der Waals surface area contributed by atoms with Crippen molar-refractivity contribution in [3.05, 3.63) is 18.2 Å². The van der Waals surface area contributed by atoms with E-state index in [2.05, 4.69) is 28.7 Å². The van der Waals surface area contributed by atoms with Crippen LogP contribution in [0.15, 0.2) is 12.5 Å². The zero-order valence-corrected chi connectivity index (χ0v) is 8.33.